The van der Waals surface area contributed by atoms with Crippen molar-refractivity contribution in [1.82, 2.24) is 4.98 Å². The summed E-state index contributed by atoms with van der Waals surface area (Å²) >= 11 is 0. The van der Waals surface area contributed by atoms with Crippen LogP contribution in [0.15, 0.2) is 41.2 Å². The minimum Gasteiger partial charge on any atom is -0.321 e. The Morgan fingerprint density at radius 3 is 2.60 bits per heavy atom. The highest BCUT2D eigenvalue weighted by Gasteiger charge is 2.10. The van der Waals surface area contributed by atoms with E-state index in [0.717, 1.165) is 42.5 Å². The third-order valence-electron chi connectivity index (χ3n) is 3.36. The summed E-state index contributed by atoms with van der Waals surface area (Å²) in [6.45, 7) is 2.14. The molecular formula is C17H18N2O. The van der Waals surface area contributed by atoms with E-state index in [4.69, 9.17) is 5.26 Å². The summed E-state index contributed by atoms with van der Waals surface area (Å²) in [5.74, 6) is 0. The highest BCUT2D eigenvalue weighted by atomic mass is 16.1. The quantitative estimate of drug-likeness (QED) is 0.840. The number of hydrogen-bond acceptors (Lipinski definition) is 2. The monoisotopic (exact) mass is 266 g/mol. The fourth-order valence-corrected chi connectivity index (χ4v) is 2.27. The van der Waals surface area contributed by atoms with Crippen molar-refractivity contribution in [1.29, 1.82) is 5.26 Å². The first-order valence-electron chi connectivity index (χ1n) is 6.98. The number of H-pyrrole nitrogens is 1. The van der Waals surface area contributed by atoms with Crippen LogP contribution in [0.2, 0.25) is 0 Å². The molecule has 102 valence electrons. The first kappa shape index (κ1) is 14.1. The number of hydrogen-bond donors (Lipinski definition) is 1. The summed E-state index contributed by atoms with van der Waals surface area (Å²) < 4.78 is 0. The fraction of sp³-hybridized carbons (Fsp3) is 0.294. The number of rotatable bonds is 5. The lowest BCUT2D eigenvalue weighted by Crippen LogP contribution is -2.14. The van der Waals surface area contributed by atoms with Crippen LogP contribution in [0.25, 0.3) is 11.3 Å². The van der Waals surface area contributed by atoms with Gasteiger partial charge in [0.25, 0.3) is 5.56 Å². The number of aromatic amines is 1. The number of aromatic nitrogens is 1. The van der Waals surface area contributed by atoms with Gasteiger partial charge in [-0.25, -0.2) is 0 Å². The second-order valence-electron chi connectivity index (χ2n) is 4.85. The largest absolute Gasteiger partial charge is 0.321 e. The summed E-state index contributed by atoms with van der Waals surface area (Å²) in [7, 11) is 0. The molecule has 1 N–H and O–H groups in total. The van der Waals surface area contributed by atoms with E-state index in [-0.39, 0.29) is 11.1 Å². The molecule has 0 amide bonds. The summed E-state index contributed by atoms with van der Waals surface area (Å²) in [5, 5.41) is 9.15. The summed E-state index contributed by atoms with van der Waals surface area (Å²) in [6.07, 6.45) is 4.01. The molecule has 0 atom stereocenters. The van der Waals surface area contributed by atoms with Gasteiger partial charge in [0.05, 0.1) is 0 Å². The van der Waals surface area contributed by atoms with Crippen molar-refractivity contribution in [3.8, 4) is 17.3 Å². The van der Waals surface area contributed by atoms with Gasteiger partial charge in [-0.15, -0.1) is 0 Å². The Labute approximate surface area is 118 Å². The van der Waals surface area contributed by atoms with Gasteiger partial charge in [-0.2, -0.15) is 5.26 Å². The van der Waals surface area contributed by atoms with Gasteiger partial charge in [-0.05, 0) is 30.0 Å². The zero-order chi connectivity index (χ0) is 14.4. The standard InChI is InChI=1S/C17H18N2O/c1-2-3-5-10-14-11-16(13-8-6-4-7-9-13)19-17(20)15(14)12-18/h4,6-9,11H,2-3,5,10H2,1H3,(H,19,20). The predicted octanol–water partition coefficient (Wildman–Crippen LogP) is 3.65. The van der Waals surface area contributed by atoms with E-state index in [1.807, 2.05) is 42.5 Å². The molecule has 0 aliphatic heterocycles. The van der Waals surface area contributed by atoms with Crippen LogP contribution >= 0.6 is 0 Å². The van der Waals surface area contributed by atoms with Crippen LogP contribution in [0.1, 0.15) is 37.3 Å². The van der Waals surface area contributed by atoms with Crippen LogP contribution in [0.5, 0.6) is 0 Å². The van der Waals surface area contributed by atoms with Gasteiger partial charge < -0.3 is 4.98 Å². The zero-order valence-corrected chi connectivity index (χ0v) is 11.6. The van der Waals surface area contributed by atoms with Gasteiger partial charge >= 0.3 is 0 Å². The number of unbranched alkanes of at least 4 members (excludes halogenated alkanes) is 2. The van der Waals surface area contributed by atoms with E-state index in [2.05, 4.69) is 11.9 Å². The topological polar surface area (TPSA) is 56.6 Å². The van der Waals surface area contributed by atoms with Gasteiger partial charge in [-0.3, -0.25) is 4.79 Å². The SMILES string of the molecule is CCCCCc1cc(-c2ccccc2)[nH]c(=O)c1C#N. The first-order valence-corrected chi connectivity index (χ1v) is 6.98. The number of nitriles is 1. The third kappa shape index (κ3) is 3.16. The summed E-state index contributed by atoms with van der Waals surface area (Å²) in [5.41, 5.74) is 2.55. The van der Waals surface area contributed by atoms with Crippen molar-refractivity contribution in [2.24, 2.45) is 0 Å². The highest BCUT2D eigenvalue weighted by Crippen LogP contribution is 2.19. The number of aryl methyl sites for hydroxylation is 1. The average Bonchev–Trinajstić information content (AvgIpc) is 2.48. The molecule has 1 aromatic heterocycles. The second-order valence-corrected chi connectivity index (χ2v) is 4.85. The van der Waals surface area contributed by atoms with Crippen LogP contribution in [-0.4, -0.2) is 4.98 Å². The Balaban J connectivity index is 2.42. The smallest absolute Gasteiger partial charge is 0.266 e. The molecule has 2 aromatic rings. The molecule has 0 aliphatic rings. The van der Waals surface area contributed by atoms with Gasteiger partial charge in [0.15, 0.2) is 0 Å². The van der Waals surface area contributed by atoms with Crippen molar-refractivity contribution < 1.29 is 0 Å². The van der Waals surface area contributed by atoms with Crippen LogP contribution in [0, 0.1) is 11.3 Å². The Morgan fingerprint density at radius 2 is 1.95 bits per heavy atom. The normalized spacial score (nSPS) is 10.2. The van der Waals surface area contributed by atoms with Crippen molar-refractivity contribution in [3.05, 3.63) is 57.9 Å². The predicted molar refractivity (Wildman–Crippen MR) is 80.4 cm³/mol. The molecule has 3 nitrogen and oxygen atoms in total. The maximum Gasteiger partial charge on any atom is 0.266 e. The Bertz CT molecular complexity index is 666. The molecule has 0 radical (unpaired) electrons. The fourth-order valence-electron chi connectivity index (χ4n) is 2.27. The lowest BCUT2D eigenvalue weighted by Gasteiger charge is -2.07. The highest BCUT2D eigenvalue weighted by molar-refractivity contribution is 5.60. The molecule has 2 rings (SSSR count). The number of nitrogens with zero attached hydrogens (tertiary/aromatic N) is 1. The number of nitrogens with one attached hydrogen (secondary N) is 1. The second kappa shape index (κ2) is 6.72. The molecule has 0 fully saturated rings. The molecule has 1 heterocycles. The molecule has 0 saturated heterocycles. The van der Waals surface area contributed by atoms with Crippen LogP contribution in [0.3, 0.4) is 0 Å². The molecule has 0 bridgehead atoms. The Morgan fingerprint density at radius 1 is 1.20 bits per heavy atom. The van der Waals surface area contributed by atoms with Gasteiger partial charge in [0, 0.05) is 5.69 Å². The van der Waals surface area contributed by atoms with Crippen molar-refractivity contribution in [3.63, 3.8) is 0 Å². The minimum atomic E-state index is -0.291. The van der Waals surface area contributed by atoms with Crippen LogP contribution < -0.4 is 5.56 Å². The van der Waals surface area contributed by atoms with E-state index in [1.165, 1.54) is 0 Å². The maximum atomic E-state index is 12.0. The van der Waals surface area contributed by atoms with Gasteiger partial charge in [-0.1, -0.05) is 50.1 Å². The maximum absolute atomic E-state index is 12.0. The van der Waals surface area contributed by atoms with E-state index in [1.54, 1.807) is 0 Å². The van der Waals surface area contributed by atoms with Crippen molar-refractivity contribution in [2.45, 2.75) is 32.6 Å². The van der Waals surface area contributed by atoms with Crippen LogP contribution in [-0.2, 0) is 6.42 Å². The lowest BCUT2D eigenvalue weighted by atomic mass is 10.0. The van der Waals surface area contributed by atoms with Gasteiger partial charge in [0.2, 0.25) is 0 Å². The summed E-state index contributed by atoms with van der Waals surface area (Å²) in [6, 6.07) is 13.7. The Hall–Kier alpha value is -2.34. The molecule has 0 saturated carbocycles. The lowest BCUT2D eigenvalue weighted by molar-refractivity contribution is 0.715. The first-order chi connectivity index (χ1) is 9.76. The van der Waals surface area contributed by atoms with Crippen molar-refractivity contribution in [2.75, 3.05) is 0 Å². The van der Waals surface area contributed by atoms with E-state index >= 15 is 0 Å². The molecule has 20 heavy (non-hydrogen) atoms. The third-order valence-corrected chi connectivity index (χ3v) is 3.36. The molecule has 0 aliphatic carbocycles. The number of benzene rings is 1. The molecular weight excluding hydrogens is 248 g/mol. The Kier molecular flexibility index (Phi) is 4.73. The molecule has 0 spiro atoms. The van der Waals surface area contributed by atoms with E-state index in [9.17, 15) is 4.79 Å². The number of pyridine rings is 1. The van der Waals surface area contributed by atoms with Gasteiger partial charge in [0.1, 0.15) is 11.6 Å². The summed E-state index contributed by atoms with van der Waals surface area (Å²) in [4.78, 5) is 14.8. The van der Waals surface area contributed by atoms with Crippen LogP contribution in [0.4, 0.5) is 0 Å². The van der Waals surface area contributed by atoms with Crippen molar-refractivity contribution >= 4 is 0 Å². The minimum absolute atomic E-state index is 0.251. The molecule has 1 aromatic carbocycles. The zero-order valence-electron chi connectivity index (χ0n) is 11.6. The molecule has 0 unspecified atom stereocenters. The van der Waals surface area contributed by atoms with E-state index in [0.29, 0.717) is 0 Å². The van der Waals surface area contributed by atoms with E-state index < -0.39 is 0 Å². The average molecular weight is 266 g/mol. The molecule has 3 heteroatoms.